The summed E-state index contributed by atoms with van der Waals surface area (Å²) in [7, 11) is 0. The summed E-state index contributed by atoms with van der Waals surface area (Å²) >= 11 is 0. The summed E-state index contributed by atoms with van der Waals surface area (Å²) in [4.78, 5) is 0. The van der Waals surface area contributed by atoms with Gasteiger partial charge in [0.25, 0.3) is 0 Å². The molecule has 0 aromatic heterocycles. The molecule has 2 nitrogen and oxygen atoms in total. The van der Waals surface area contributed by atoms with Crippen molar-refractivity contribution in [1.82, 2.24) is 0 Å². The van der Waals surface area contributed by atoms with Crippen molar-refractivity contribution in [3.63, 3.8) is 0 Å². The highest BCUT2D eigenvalue weighted by atomic mass is 35.5. The van der Waals surface area contributed by atoms with Gasteiger partial charge in [-0.1, -0.05) is 19.1 Å². The minimum Gasteiger partial charge on any atom is -0.505 e. The van der Waals surface area contributed by atoms with Crippen LogP contribution in [-0.4, -0.2) is 5.11 Å². The third-order valence-corrected chi connectivity index (χ3v) is 2.18. The number of rotatable bonds is 2. The van der Waals surface area contributed by atoms with E-state index < -0.39 is 5.82 Å². The molecule has 80 valence electrons. The van der Waals surface area contributed by atoms with E-state index in [1.165, 1.54) is 0 Å². The molecule has 1 rings (SSSR count). The van der Waals surface area contributed by atoms with Crippen LogP contribution in [0.3, 0.4) is 0 Å². The van der Waals surface area contributed by atoms with Crippen molar-refractivity contribution in [3.05, 3.63) is 29.1 Å². The second kappa shape index (κ2) is 5.17. The zero-order chi connectivity index (χ0) is 10.0. The molecule has 1 aromatic carbocycles. The number of phenolic OH excluding ortho intramolecular Hbond substituents is 1. The van der Waals surface area contributed by atoms with Gasteiger partial charge in [-0.15, -0.1) is 12.4 Å². The summed E-state index contributed by atoms with van der Waals surface area (Å²) in [6, 6.07) is 3.00. The fourth-order valence-electron chi connectivity index (χ4n) is 1.20. The molecule has 0 aliphatic rings. The lowest BCUT2D eigenvalue weighted by Gasteiger charge is -2.12. The summed E-state index contributed by atoms with van der Waals surface area (Å²) in [5.41, 5.74) is 6.60. The van der Waals surface area contributed by atoms with Gasteiger partial charge in [0.2, 0.25) is 0 Å². The second-order valence-electron chi connectivity index (χ2n) is 3.15. The first kappa shape index (κ1) is 13.2. The quantitative estimate of drug-likeness (QED) is 0.804. The maximum atomic E-state index is 13.2. The number of benzene rings is 1. The summed E-state index contributed by atoms with van der Waals surface area (Å²) < 4.78 is 13.2. The van der Waals surface area contributed by atoms with Gasteiger partial charge in [-0.3, -0.25) is 0 Å². The lowest BCUT2D eigenvalue weighted by atomic mass is 10.0. The Morgan fingerprint density at radius 3 is 2.57 bits per heavy atom. The maximum Gasteiger partial charge on any atom is 0.168 e. The molecule has 3 N–H and O–H groups in total. The van der Waals surface area contributed by atoms with E-state index in [2.05, 4.69) is 0 Å². The second-order valence-corrected chi connectivity index (χ2v) is 3.15. The fraction of sp³-hybridized carbons (Fsp3) is 0.400. The van der Waals surface area contributed by atoms with Crippen LogP contribution in [-0.2, 0) is 0 Å². The smallest absolute Gasteiger partial charge is 0.168 e. The van der Waals surface area contributed by atoms with Gasteiger partial charge in [0.15, 0.2) is 11.6 Å². The number of aryl methyl sites for hydroxylation is 1. The van der Waals surface area contributed by atoms with Crippen LogP contribution in [0.2, 0.25) is 0 Å². The van der Waals surface area contributed by atoms with Crippen molar-refractivity contribution in [2.75, 3.05) is 0 Å². The first-order valence-electron chi connectivity index (χ1n) is 4.31. The normalized spacial score (nSPS) is 12.0. The average Bonchev–Trinajstić information content (AvgIpc) is 2.13. The number of phenols is 1. The van der Waals surface area contributed by atoms with Gasteiger partial charge in [-0.25, -0.2) is 4.39 Å². The third-order valence-electron chi connectivity index (χ3n) is 2.18. The highest BCUT2D eigenvalue weighted by molar-refractivity contribution is 5.85. The van der Waals surface area contributed by atoms with Crippen LogP contribution < -0.4 is 5.73 Å². The van der Waals surface area contributed by atoms with Gasteiger partial charge in [-0.2, -0.15) is 0 Å². The number of nitrogens with two attached hydrogens (primary N) is 1. The molecule has 0 saturated carbocycles. The minimum absolute atomic E-state index is 0. The topological polar surface area (TPSA) is 46.2 Å². The lowest BCUT2D eigenvalue weighted by Crippen LogP contribution is -2.09. The molecular formula is C10H15ClFNO. The van der Waals surface area contributed by atoms with E-state index in [0.29, 0.717) is 17.5 Å². The van der Waals surface area contributed by atoms with E-state index in [-0.39, 0.29) is 24.2 Å². The Labute approximate surface area is 89.3 Å². The van der Waals surface area contributed by atoms with Crippen molar-refractivity contribution in [2.45, 2.75) is 26.3 Å². The molecule has 1 aromatic rings. The highest BCUT2D eigenvalue weighted by Crippen LogP contribution is 2.28. The van der Waals surface area contributed by atoms with Crippen molar-refractivity contribution in [2.24, 2.45) is 5.73 Å². The Balaban J connectivity index is 0.00000169. The van der Waals surface area contributed by atoms with Crippen LogP contribution in [0.15, 0.2) is 12.1 Å². The van der Waals surface area contributed by atoms with Crippen molar-refractivity contribution >= 4 is 12.4 Å². The maximum absolute atomic E-state index is 13.2. The molecule has 0 aliphatic carbocycles. The zero-order valence-electron chi connectivity index (χ0n) is 8.25. The van der Waals surface area contributed by atoms with Crippen LogP contribution >= 0.6 is 12.4 Å². The monoisotopic (exact) mass is 219 g/mol. The molecule has 14 heavy (non-hydrogen) atoms. The van der Waals surface area contributed by atoms with Crippen molar-refractivity contribution < 1.29 is 9.50 Å². The summed E-state index contributed by atoms with van der Waals surface area (Å²) in [6.45, 7) is 3.50. The molecule has 0 radical (unpaired) electrons. The van der Waals surface area contributed by atoms with E-state index in [9.17, 15) is 9.50 Å². The predicted molar refractivity (Wildman–Crippen MR) is 57.3 cm³/mol. The van der Waals surface area contributed by atoms with E-state index >= 15 is 0 Å². The third kappa shape index (κ3) is 2.36. The molecule has 0 fully saturated rings. The predicted octanol–water partition coefficient (Wildman–Crippen LogP) is 2.67. The van der Waals surface area contributed by atoms with E-state index in [0.717, 1.165) is 0 Å². The summed E-state index contributed by atoms with van der Waals surface area (Å²) in [5, 5.41) is 9.42. The Kier molecular flexibility index (Phi) is 4.88. The standard InChI is InChI=1S/C10H14FNO.ClH/c1-3-8(12)7-5-4-6(2)9(11)10(7)13;/h4-5,8,13H,3,12H2,1-2H3;1H/t8-;/m1./s1. The SMILES string of the molecule is CC[C@@H](N)c1ccc(C)c(F)c1O.Cl. The summed E-state index contributed by atoms with van der Waals surface area (Å²) in [5.74, 6) is -0.879. The fourth-order valence-corrected chi connectivity index (χ4v) is 1.20. The molecule has 0 bridgehead atoms. The van der Waals surface area contributed by atoms with Gasteiger partial charge < -0.3 is 10.8 Å². The van der Waals surface area contributed by atoms with Crippen LogP contribution in [0.4, 0.5) is 4.39 Å². The van der Waals surface area contributed by atoms with Crippen LogP contribution in [0, 0.1) is 12.7 Å². The van der Waals surface area contributed by atoms with E-state index in [1.807, 2.05) is 6.92 Å². The number of hydrogen-bond acceptors (Lipinski definition) is 2. The average molecular weight is 220 g/mol. The van der Waals surface area contributed by atoms with Gasteiger partial charge in [0.05, 0.1) is 0 Å². The molecule has 0 spiro atoms. The number of hydrogen-bond donors (Lipinski definition) is 2. The Hall–Kier alpha value is -0.800. The molecule has 0 amide bonds. The Morgan fingerprint density at radius 1 is 1.50 bits per heavy atom. The van der Waals surface area contributed by atoms with E-state index in [1.54, 1.807) is 19.1 Å². The minimum atomic E-state index is -0.568. The van der Waals surface area contributed by atoms with Crippen molar-refractivity contribution in [3.8, 4) is 5.75 Å². The molecular weight excluding hydrogens is 205 g/mol. The first-order chi connectivity index (χ1) is 6.07. The molecule has 0 heterocycles. The van der Waals surface area contributed by atoms with Gasteiger partial charge >= 0.3 is 0 Å². The Bertz CT molecular complexity index is 317. The summed E-state index contributed by atoms with van der Waals surface area (Å²) in [6.07, 6.45) is 0.677. The van der Waals surface area contributed by atoms with Crippen LogP contribution in [0.1, 0.15) is 30.5 Å². The molecule has 0 unspecified atom stereocenters. The van der Waals surface area contributed by atoms with Gasteiger partial charge in [0, 0.05) is 11.6 Å². The highest BCUT2D eigenvalue weighted by Gasteiger charge is 2.13. The largest absolute Gasteiger partial charge is 0.505 e. The zero-order valence-corrected chi connectivity index (χ0v) is 9.07. The molecule has 0 saturated heterocycles. The van der Waals surface area contributed by atoms with Crippen LogP contribution in [0.5, 0.6) is 5.75 Å². The molecule has 0 aliphatic heterocycles. The van der Waals surface area contributed by atoms with Gasteiger partial charge in [-0.05, 0) is 18.9 Å². The lowest BCUT2D eigenvalue weighted by molar-refractivity contribution is 0.417. The Morgan fingerprint density at radius 2 is 2.07 bits per heavy atom. The van der Waals surface area contributed by atoms with Crippen molar-refractivity contribution in [1.29, 1.82) is 0 Å². The van der Waals surface area contributed by atoms with Crippen LogP contribution in [0.25, 0.3) is 0 Å². The molecule has 4 heteroatoms. The van der Waals surface area contributed by atoms with Gasteiger partial charge in [0.1, 0.15) is 0 Å². The molecule has 1 atom stereocenters. The number of aromatic hydroxyl groups is 1. The number of halogens is 2. The first-order valence-corrected chi connectivity index (χ1v) is 4.31. The van der Waals surface area contributed by atoms with E-state index in [4.69, 9.17) is 5.73 Å².